The van der Waals surface area contributed by atoms with Crippen LogP contribution in [-0.2, 0) is 0 Å². The van der Waals surface area contributed by atoms with E-state index in [4.69, 9.17) is 29.0 Å². The number of nitrogens with zero attached hydrogens (tertiary/aromatic N) is 2. The Bertz CT molecular complexity index is 175. The van der Waals surface area contributed by atoms with Gasteiger partial charge in [0.1, 0.15) is 0 Å². The molecule has 1 aromatic rings. The van der Waals surface area contributed by atoms with E-state index in [1.165, 1.54) is 17.1 Å². The third-order valence-corrected chi connectivity index (χ3v) is 1.09. The molecule has 1 rings (SSSR count). The molecule has 5 heteroatoms. The van der Waals surface area contributed by atoms with Crippen LogP contribution in [0.2, 0.25) is 10.3 Å². The van der Waals surface area contributed by atoms with Crippen LogP contribution in [0.3, 0.4) is 0 Å². The lowest BCUT2D eigenvalue weighted by Crippen LogP contribution is -2.43. The molecule has 0 bridgehead atoms. The Morgan fingerprint density at radius 1 is 1.33 bits per heavy atom. The number of halogens is 2. The second kappa shape index (κ2) is 2.37. The standard InChI is InChI=1S/C4H4Cl2N3/c5-3-1-9(7)2-4(6)8-3/h1-2H,(H2,7,8)/q+1. The van der Waals surface area contributed by atoms with Crippen LogP contribution in [0.5, 0.6) is 0 Å². The number of rotatable bonds is 0. The van der Waals surface area contributed by atoms with E-state index in [0.29, 0.717) is 0 Å². The van der Waals surface area contributed by atoms with E-state index < -0.39 is 0 Å². The Morgan fingerprint density at radius 3 is 2.11 bits per heavy atom. The fraction of sp³-hybridized carbons (Fsp3) is 0. The van der Waals surface area contributed by atoms with Crippen molar-refractivity contribution in [1.82, 2.24) is 4.98 Å². The zero-order valence-corrected chi connectivity index (χ0v) is 5.89. The second-order valence-electron chi connectivity index (χ2n) is 1.46. The smallest absolute Gasteiger partial charge is 0.212 e. The number of aromatic nitrogens is 2. The van der Waals surface area contributed by atoms with E-state index in [9.17, 15) is 0 Å². The number of hydrogen-bond acceptors (Lipinski definition) is 2. The Morgan fingerprint density at radius 2 is 1.78 bits per heavy atom. The molecule has 1 heterocycles. The van der Waals surface area contributed by atoms with Crippen molar-refractivity contribution in [3.8, 4) is 0 Å². The topological polar surface area (TPSA) is 42.8 Å². The van der Waals surface area contributed by atoms with Crippen molar-refractivity contribution in [2.24, 2.45) is 0 Å². The maximum absolute atomic E-state index is 5.45. The normalized spacial score (nSPS) is 9.56. The lowest BCUT2D eigenvalue weighted by molar-refractivity contribution is -0.639. The van der Waals surface area contributed by atoms with Crippen LogP contribution in [0, 0.1) is 0 Å². The summed E-state index contributed by atoms with van der Waals surface area (Å²) in [6.07, 6.45) is 2.90. The van der Waals surface area contributed by atoms with Gasteiger partial charge in [-0.15, -0.1) is 0 Å². The third kappa shape index (κ3) is 1.69. The Balaban J connectivity index is 3.17. The Labute approximate surface area is 62.0 Å². The number of nitrogens with two attached hydrogens (primary N) is 1. The van der Waals surface area contributed by atoms with E-state index in [0.717, 1.165) is 0 Å². The van der Waals surface area contributed by atoms with Crippen molar-refractivity contribution in [2.75, 3.05) is 5.84 Å². The predicted octanol–water partition coefficient (Wildman–Crippen LogP) is 0.390. The SMILES string of the molecule is N[n+]1cc(Cl)nc(Cl)c1. The predicted molar refractivity (Wildman–Crippen MR) is 34.6 cm³/mol. The van der Waals surface area contributed by atoms with Crippen molar-refractivity contribution < 1.29 is 4.68 Å². The molecule has 0 aromatic carbocycles. The van der Waals surface area contributed by atoms with Crippen LogP contribution in [0.25, 0.3) is 0 Å². The van der Waals surface area contributed by atoms with Crippen LogP contribution < -0.4 is 10.5 Å². The van der Waals surface area contributed by atoms with Gasteiger partial charge in [-0.1, -0.05) is 27.9 Å². The molecule has 0 saturated carbocycles. The van der Waals surface area contributed by atoms with Crippen LogP contribution in [-0.4, -0.2) is 4.98 Å². The average Bonchev–Trinajstić information content (AvgIpc) is 1.59. The molecular formula is C4H4Cl2N3+. The van der Waals surface area contributed by atoms with Crippen LogP contribution in [0.1, 0.15) is 0 Å². The minimum atomic E-state index is 0.282. The summed E-state index contributed by atoms with van der Waals surface area (Å²) >= 11 is 10.9. The Hall–Kier alpha value is -0.540. The van der Waals surface area contributed by atoms with Gasteiger partial charge in [0.15, 0.2) is 10.3 Å². The first-order valence-corrected chi connectivity index (χ1v) is 2.93. The Kier molecular flexibility index (Phi) is 1.73. The van der Waals surface area contributed by atoms with Gasteiger partial charge in [0.25, 0.3) is 0 Å². The lowest BCUT2D eigenvalue weighted by Gasteiger charge is -1.86. The van der Waals surface area contributed by atoms with E-state index in [1.807, 2.05) is 0 Å². The van der Waals surface area contributed by atoms with Gasteiger partial charge in [-0.05, 0) is 0 Å². The van der Waals surface area contributed by atoms with Crippen LogP contribution >= 0.6 is 23.2 Å². The molecule has 0 aliphatic carbocycles. The lowest BCUT2D eigenvalue weighted by atomic mass is 10.7. The van der Waals surface area contributed by atoms with Crippen molar-refractivity contribution in [1.29, 1.82) is 0 Å². The molecule has 0 unspecified atom stereocenters. The molecule has 9 heavy (non-hydrogen) atoms. The summed E-state index contributed by atoms with van der Waals surface area (Å²) in [5.41, 5.74) is 0. The van der Waals surface area contributed by atoms with E-state index in [-0.39, 0.29) is 10.3 Å². The summed E-state index contributed by atoms with van der Waals surface area (Å²) < 4.78 is 1.25. The highest BCUT2D eigenvalue weighted by molar-refractivity contribution is 6.31. The molecule has 0 aliphatic rings. The second-order valence-corrected chi connectivity index (χ2v) is 2.24. The number of hydrogen-bond donors (Lipinski definition) is 1. The molecule has 0 fully saturated rings. The summed E-state index contributed by atoms with van der Waals surface area (Å²) in [7, 11) is 0. The largest absolute Gasteiger partial charge is 0.236 e. The van der Waals surface area contributed by atoms with E-state index >= 15 is 0 Å². The summed E-state index contributed by atoms with van der Waals surface area (Å²) in [6, 6.07) is 0. The van der Waals surface area contributed by atoms with Gasteiger partial charge in [-0.3, -0.25) is 0 Å². The fourth-order valence-corrected chi connectivity index (χ4v) is 0.894. The van der Waals surface area contributed by atoms with Gasteiger partial charge in [-0.25, -0.2) is 10.8 Å². The number of nitrogen functional groups attached to an aromatic ring is 1. The zero-order chi connectivity index (χ0) is 6.85. The molecule has 0 amide bonds. The molecular weight excluding hydrogens is 161 g/mol. The molecule has 0 spiro atoms. The molecule has 2 N–H and O–H groups in total. The average molecular weight is 165 g/mol. The van der Waals surface area contributed by atoms with Gasteiger partial charge < -0.3 is 0 Å². The fourth-order valence-electron chi connectivity index (χ4n) is 0.443. The molecule has 3 nitrogen and oxygen atoms in total. The molecule has 48 valence electrons. The highest BCUT2D eigenvalue weighted by Crippen LogP contribution is 2.04. The van der Waals surface area contributed by atoms with Crippen LogP contribution in [0.15, 0.2) is 12.4 Å². The van der Waals surface area contributed by atoms with Crippen molar-refractivity contribution in [3.63, 3.8) is 0 Å². The molecule has 0 aliphatic heterocycles. The van der Waals surface area contributed by atoms with Gasteiger partial charge in [0.2, 0.25) is 12.4 Å². The summed E-state index contributed by atoms with van der Waals surface area (Å²) in [5, 5.41) is 0.565. The van der Waals surface area contributed by atoms with Gasteiger partial charge in [0, 0.05) is 0 Å². The monoisotopic (exact) mass is 164 g/mol. The first-order chi connectivity index (χ1) is 4.18. The quantitative estimate of drug-likeness (QED) is 0.446. The first-order valence-electron chi connectivity index (χ1n) is 2.18. The zero-order valence-electron chi connectivity index (χ0n) is 4.38. The van der Waals surface area contributed by atoms with Crippen molar-refractivity contribution >= 4 is 23.2 Å². The molecule has 0 radical (unpaired) electrons. The van der Waals surface area contributed by atoms with Crippen molar-refractivity contribution in [3.05, 3.63) is 22.7 Å². The maximum Gasteiger partial charge on any atom is 0.236 e. The molecule has 1 aromatic heterocycles. The third-order valence-electron chi connectivity index (χ3n) is 0.725. The highest BCUT2D eigenvalue weighted by Gasteiger charge is 2.00. The van der Waals surface area contributed by atoms with E-state index in [1.54, 1.807) is 0 Å². The first kappa shape index (κ1) is 6.58. The van der Waals surface area contributed by atoms with Gasteiger partial charge in [-0.2, -0.15) is 0 Å². The summed E-state index contributed by atoms with van der Waals surface area (Å²) in [5.74, 6) is 5.27. The molecule has 0 saturated heterocycles. The highest BCUT2D eigenvalue weighted by atomic mass is 35.5. The van der Waals surface area contributed by atoms with E-state index in [2.05, 4.69) is 4.98 Å². The van der Waals surface area contributed by atoms with Gasteiger partial charge in [0.05, 0.1) is 0 Å². The van der Waals surface area contributed by atoms with Crippen LogP contribution in [0.4, 0.5) is 0 Å². The minimum absolute atomic E-state index is 0.282. The maximum atomic E-state index is 5.45. The van der Waals surface area contributed by atoms with Gasteiger partial charge >= 0.3 is 0 Å². The minimum Gasteiger partial charge on any atom is -0.212 e. The summed E-state index contributed by atoms with van der Waals surface area (Å²) in [4.78, 5) is 3.66. The molecule has 0 atom stereocenters. The van der Waals surface area contributed by atoms with Crippen molar-refractivity contribution in [2.45, 2.75) is 0 Å². The summed E-state index contributed by atoms with van der Waals surface area (Å²) in [6.45, 7) is 0.